The second-order valence-corrected chi connectivity index (χ2v) is 6.39. The van der Waals surface area contributed by atoms with E-state index in [1.54, 1.807) is 0 Å². The van der Waals surface area contributed by atoms with Gasteiger partial charge in [-0.3, -0.25) is 0 Å². The highest BCUT2D eigenvalue weighted by atomic mass is 79.9. The lowest BCUT2D eigenvalue weighted by molar-refractivity contribution is -0.0515. The Morgan fingerprint density at radius 3 is 2.67 bits per heavy atom. The zero-order valence-corrected chi connectivity index (χ0v) is 11.5. The number of alkyl halides is 2. The molecule has 0 unspecified atom stereocenters. The quantitative estimate of drug-likeness (QED) is 0.853. The van der Waals surface area contributed by atoms with Crippen LogP contribution in [-0.2, 0) is 9.05 Å². The lowest BCUT2D eigenvalue weighted by Crippen LogP contribution is -2.06. The minimum absolute atomic E-state index is 0.0741. The summed E-state index contributed by atoms with van der Waals surface area (Å²) in [6, 6.07) is 2.44. The summed E-state index contributed by atoms with van der Waals surface area (Å²) in [5.41, 5.74) is 0.248. The van der Waals surface area contributed by atoms with Gasteiger partial charge < -0.3 is 9.72 Å². The molecule has 2 aromatic rings. The van der Waals surface area contributed by atoms with Crippen molar-refractivity contribution in [2.45, 2.75) is 11.5 Å². The summed E-state index contributed by atoms with van der Waals surface area (Å²) < 4.78 is 51.6. The zero-order chi connectivity index (χ0) is 13.5. The van der Waals surface area contributed by atoms with Gasteiger partial charge >= 0.3 is 6.61 Å². The monoisotopic (exact) mass is 360 g/mol. The van der Waals surface area contributed by atoms with Crippen LogP contribution in [0.4, 0.5) is 8.78 Å². The van der Waals surface area contributed by atoms with Gasteiger partial charge in [0.05, 0.1) is 5.52 Å². The number of H-pyrrole nitrogens is 1. The lowest BCUT2D eigenvalue weighted by Gasteiger charge is -2.08. The molecular weight excluding hydrogens is 358 g/mol. The maximum Gasteiger partial charge on any atom is 0.387 e. The smallest absolute Gasteiger partial charge is 0.387 e. The van der Waals surface area contributed by atoms with E-state index in [-0.39, 0.29) is 10.3 Å². The van der Waals surface area contributed by atoms with Gasteiger partial charge in [0, 0.05) is 10.7 Å². The van der Waals surface area contributed by atoms with E-state index in [4.69, 9.17) is 10.7 Å². The number of halogens is 4. The molecule has 0 saturated heterocycles. The van der Waals surface area contributed by atoms with Gasteiger partial charge in [0.2, 0.25) is 0 Å². The molecule has 0 aliphatic carbocycles. The van der Waals surface area contributed by atoms with Crippen LogP contribution in [-0.4, -0.2) is 25.0 Å². The van der Waals surface area contributed by atoms with Crippen molar-refractivity contribution in [2.75, 3.05) is 0 Å². The van der Waals surface area contributed by atoms with Gasteiger partial charge in [0.15, 0.2) is 9.63 Å². The first-order chi connectivity index (χ1) is 8.29. The van der Waals surface area contributed by atoms with Crippen LogP contribution < -0.4 is 4.74 Å². The molecular formula is C8H4BrClF2N2O3S. The molecule has 0 aliphatic heterocycles. The van der Waals surface area contributed by atoms with E-state index in [0.29, 0.717) is 5.52 Å². The number of benzene rings is 1. The molecule has 1 aromatic heterocycles. The summed E-state index contributed by atoms with van der Waals surface area (Å²) in [5.74, 6) is -0.550. The van der Waals surface area contributed by atoms with Crippen LogP contribution in [0.2, 0.25) is 0 Å². The third kappa shape index (κ3) is 2.57. The van der Waals surface area contributed by atoms with Crippen molar-refractivity contribution in [2.24, 2.45) is 0 Å². The average molecular weight is 362 g/mol. The molecule has 18 heavy (non-hydrogen) atoms. The summed E-state index contributed by atoms with van der Waals surface area (Å²) in [5, 5.41) is 0. The van der Waals surface area contributed by atoms with E-state index in [1.165, 1.54) is 6.07 Å². The van der Waals surface area contributed by atoms with Crippen LogP contribution in [0.1, 0.15) is 0 Å². The normalized spacial score (nSPS) is 12.3. The molecule has 1 heterocycles. The Kier molecular flexibility index (Phi) is 3.47. The highest BCUT2D eigenvalue weighted by molar-refractivity contribution is 9.10. The van der Waals surface area contributed by atoms with Gasteiger partial charge in [-0.15, -0.1) is 0 Å². The molecule has 1 N–H and O–H groups in total. The molecule has 0 spiro atoms. The first-order valence-corrected chi connectivity index (χ1v) is 7.47. The van der Waals surface area contributed by atoms with Crippen LogP contribution in [0, 0.1) is 0 Å². The number of nitrogens with one attached hydrogen (secondary N) is 1. The van der Waals surface area contributed by atoms with E-state index in [2.05, 4.69) is 30.6 Å². The average Bonchev–Trinajstić information content (AvgIpc) is 2.54. The van der Waals surface area contributed by atoms with Crippen molar-refractivity contribution >= 4 is 46.7 Å². The summed E-state index contributed by atoms with van der Waals surface area (Å²) in [6.07, 6.45) is 0. The van der Waals surface area contributed by atoms with E-state index >= 15 is 0 Å². The number of fused-ring (bicyclic) bond motifs is 1. The van der Waals surface area contributed by atoms with Crippen molar-refractivity contribution in [1.29, 1.82) is 0 Å². The molecule has 0 aliphatic rings. The molecule has 5 nitrogen and oxygen atoms in total. The number of hydrogen-bond acceptors (Lipinski definition) is 4. The predicted octanol–water partition coefficient (Wildman–Crippen LogP) is 2.85. The number of nitrogens with zero attached hydrogens (tertiary/aromatic N) is 1. The maximum absolute atomic E-state index is 12.2. The number of hydrogen-bond donors (Lipinski definition) is 1. The van der Waals surface area contributed by atoms with Crippen molar-refractivity contribution in [3.63, 3.8) is 0 Å². The standard InChI is InChI=1S/C8H4BrClF2N2O3S/c9-7-13-3-1-2-4(17-8(11)12)6(5(3)14-7)18(10,15)16/h1-2,8H,(H,13,14). The minimum Gasteiger partial charge on any atom is -0.433 e. The SMILES string of the molecule is O=S(=O)(Cl)c1c(OC(F)F)ccc2[nH]c(Br)nc12. The van der Waals surface area contributed by atoms with Crippen LogP contribution in [0.15, 0.2) is 21.8 Å². The largest absolute Gasteiger partial charge is 0.433 e. The molecule has 2 rings (SSSR count). The highest BCUT2D eigenvalue weighted by Gasteiger charge is 2.25. The third-order valence-electron chi connectivity index (χ3n) is 2.00. The van der Waals surface area contributed by atoms with E-state index < -0.39 is 26.3 Å². The first kappa shape index (κ1) is 13.5. The molecule has 98 valence electrons. The molecule has 10 heteroatoms. The summed E-state index contributed by atoms with van der Waals surface area (Å²) in [4.78, 5) is 5.92. The van der Waals surface area contributed by atoms with Gasteiger partial charge in [-0.05, 0) is 28.1 Å². The summed E-state index contributed by atoms with van der Waals surface area (Å²) in [7, 11) is 0.932. The van der Waals surface area contributed by atoms with Gasteiger partial charge in [0.1, 0.15) is 11.3 Å². The fourth-order valence-corrected chi connectivity index (χ4v) is 3.01. The Bertz CT molecular complexity index is 704. The number of aromatic amines is 1. The third-order valence-corrected chi connectivity index (χ3v) is 3.72. The van der Waals surface area contributed by atoms with E-state index in [9.17, 15) is 17.2 Å². The summed E-state index contributed by atoms with van der Waals surface area (Å²) in [6.45, 7) is -3.16. The molecule has 0 fully saturated rings. The number of imidazole rings is 1. The summed E-state index contributed by atoms with van der Waals surface area (Å²) >= 11 is 3.01. The Labute approximate surface area is 113 Å². The van der Waals surface area contributed by atoms with Crippen molar-refractivity contribution in [3.05, 3.63) is 16.9 Å². The van der Waals surface area contributed by atoms with Gasteiger partial charge in [-0.25, -0.2) is 13.4 Å². The lowest BCUT2D eigenvalue weighted by atomic mass is 10.3. The first-order valence-electron chi connectivity index (χ1n) is 4.36. The fourth-order valence-electron chi connectivity index (χ4n) is 1.43. The Morgan fingerprint density at radius 2 is 2.11 bits per heavy atom. The Hall–Kier alpha value is -0.930. The molecule has 0 radical (unpaired) electrons. The molecule has 0 saturated carbocycles. The van der Waals surface area contributed by atoms with Gasteiger partial charge in [-0.1, -0.05) is 0 Å². The van der Waals surface area contributed by atoms with E-state index in [0.717, 1.165) is 6.07 Å². The second kappa shape index (κ2) is 4.63. The minimum atomic E-state index is -4.28. The fraction of sp³-hybridized carbons (Fsp3) is 0.125. The molecule has 0 amide bonds. The molecule has 0 atom stereocenters. The number of rotatable bonds is 3. The second-order valence-electron chi connectivity index (χ2n) is 3.13. The Morgan fingerprint density at radius 1 is 1.44 bits per heavy atom. The Balaban J connectivity index is 2.79. The van der Waals surface area contributed by atoms with Crippen LogP contribution in [0.25, 0.3) is 11.0 Å². The maximum atomic E-state index is 12.2. The van der Waals surface area contributed by atoms with Crippen molar-refractivity contribution in [1.82, 2.24) is 9.97 Å². The van der Waals surface area contributed by atoms with Crippen molar-refractivity contribution in [3.8, 4) is 5.75 Å². The number of ether oxygens (including phenoxy) is 1. The van der Waals surface area contributed by atoms with Gasteiger partial charge in [0.25, 0.3) is 9.05 Å². The highest BCUT2D eigenvalue weighted by Crippen LogP contribution is 2.34. The number of aromatic nitrogens is 2. The topological polar surface area (TPSA) is 72.1 Å². The van der Waals surface area contributed by atoms with E-state index in [1.807, 2.05) is 0 Å². The predicted molar refractivity (Wildman–Crippen MR) is 63.5 cm³/mol. The van der Waals surface area contributed by atoms with Crippen molar-refractivity contribution < 1.29 is 21.9 Å². The van der Waals surface area contributed by atoms with Gasteiger partial charge in [-0.2, -0.15) is 8.78 Å². The van der Waals surface area contributed by atoms with Crippen LogP contribution in [0.3, 0.4) is 0 Å². The molecule has 1 aromatic carbocycles. The van der Waals surface area contributed by atoms with Crippen LogP contribution >= 0.6 is 26.6 Å². The van der Waals surface area contributed by atoms with Crippen LogP contribution in [0.5, 0.6) is 5.75 Å². The zero-order valence-electron chi connectivity index (χ0n) is 8.32. The molecule has 0 bridgehead atoms.